The Balaban J connectivity index is 1.77. The van der Waals surface area contributed by atoms with Crippen LogP contribution in [-0.2, 0) is 4.74 Å². The lowest BCUT2D eigenvalue weighted by atomic mass is 10.4. The monoisotopic (exact) mass is 250 g/mol. The van der Waals surface area contributed by atoms with Crippen molar-refractivity contribution in [3.05, 3.63) is 17.8 Å². The molecule has 1 aromatic rings. The highest BCUT2D eigenvalue weighted by Crippen LogP contribution is 2.24. The van der Waals surface area contributed by atoms with Gasteiger partial charge in [-0.15, -0.1) is 10.2 Å². The minimum atomic E-state index is -0.470. The van der Waals surface area contributed by atoms with E-state index in [4.69, 9.17) is 0 Å². The van der Waals surface area contributed by atoms with Gasteiger partial charge in [-0.3, -0.25) is 0 Å². The maximum atomic E-state index is 11.2. The first-order chi connectivity index (χ1) is 8.70. The third-order valence-electron chi connectivity index (χ3n) is 3.00. The Morgan fingerprint density at radius 3 is 2.83 bits per heavy atom. The summed E-state index contributed by atoms with van der Waals surface area (Å²) in [4.78, 5) is 13.5. The van der Waals surface area contributed by atoms with Gasteiger partial charge in [0.05, 0.1) is 7.11 Å². The molecule has 18 heavy (non-hydrogen) atoms. The van der Waals surface area contributed by atoms with Gasteiger partial charge < -0.3 is 15.0 Å². The van der Waals surface area contributed by atoms with Crippen LogP contribution in [0.3, 0.4) is 0 Å². The number of rotatable bonds is 6. The van der Waals surface area contributed by atoms with Crippen molar-refractivity contribution in [3.8, 4) is 0 Å². The fourth-order valence-electron chi connectivity index (χ4n) is 1.70. The van der Waals surface area contributed by atoms with Crippen LogP contribution in [0.25, 0.3) is 0 Å². The molecule has 0 aliphatic heterocycles. The summed E-state index contributed by atoms with van der Waals surface area (Å²) in [7, 11) is 3.45. The predicted octanol–water partition coefficient (Wildman–Crippen LogP) is 0.769. The van der Waals surface area contributed by atoms with E-state index in [-0.39, 0.29) is 5.69 Å². The number of hydrogen-bond acceptors (Lipinski definition) is 6. The molecule has 0 atom stereocenters. The molecule has 0 radical (unpaired) electrons. The number of nitrogens with zero attached hydrogens (tertiary/aromatic N) is 3. The van der Waals surface area contributed by atoms with Crippen molar-refractivity contribution in [1.82, 2.24) is 15.1 Å². The first-order valence-electron chi connectivity index (χ1n) is 6.07. The molecule has 1 N–H and O–H groups in total. The lowest BCUT2D eigenvalue weighted by molar-refractivity contribution is 0.0593. The number of aromatic nitrogens is 2. The number of hydrogen-bond donors (Lipinski definition) is 1. The smallest absolute Gasteiger partial charge is 0.358 e. The van der Waals surface area contributed by atoms with E-state index in [1.807, 2.05) is 0 Å². The third-order valence-corrected chi connectivity index (χ3v) is 3.00. The molecule has 2 rings (SSSR count). The normalized spacial score (nSPS) is 14.6. The number of nitrogens with one attached hydrogen (secondary N) is 1. The summed E-state index contributed by atoms with van der Waals surface area (Å²) in [6.07, 6.45) is 2.62. The number of carbonyl (C=O) groups is 1. The number of carbonyl (C=O) groups excluding carboxylic acids is 1. The molecule has 0 saturated heterocycles. The lowest BCUT2D eigenvalue weighted by Gasteiger charge is -2.15. The summed E-state index contributed by atoms with van der Waals surface area (Å²) in [5.41, 5.74) is 0.221. The molecule has 98 valence electrons. The highest BCUT2D eigenvalue weighted by molar-refractivity contribution is 5.86. The Bertz CT molecular complexity index is 403. The molecule has 1 aromatic heterocycles. The van der Waals surface area contributed by atoms with Gasteiger partial charge in [0.1, 0.15) is 5.82 Å². The SMILES string of the molecule is COC(=O)c1ccc(NCCN(C)C2CC2)nn1. The first-order valence-corrected chi connectivity index (χ1v) is 6.07. The summed E-state index contributed by atoms with van der Waals surface area (Å²) in [6.45, 7) is 1.80. The number of anilines is 1. The van der Waals surface area contributed by atoms with Crippen LogP contribution in [0, 0.1) is 0 Å². The van der Waals surface area contributed by atoms with Gasteiger partial charge in [0.25, 0.3) is 0 Å². The Labute approximate surface area is 106 Å². The second-order valence-corrected chi connectivity index (χ2v) is 4.43. The summed E-state index contributed by atoms with van der Waals surface area (Å²) in [6, 6.07) is 4.10. The summed E-state index contributed by atoms with van der Waals surface area (Å²) >= 11 is 0. The number of methoxy groups -OCH3 is 1. The van der Waals surface area contributed by atoms with Gasteiger partial charge in [0, 0.05) is 19.1 Å². The quantitative estimate of drug-likeness (QED) is 0.752. The average Bonchev–Trinajstić information content (AvgIpc) is 3.23. The van der Waals surface area contributed by atoms with E-state index in [0.29, 0.717) is 5.82 Å². The van der Waals surface area contributed by atoms with E-state index in [2.05, 4.69) is 32.2 Å². The van der Waals surface area contributed by atoms with Crippen LogP contribution in [0.1, 0.15) is 23.3 Å². The predicted molar refractivity (Wildman–Crippen MR) is 67.5 cm³/mol. The Morgan fingerprint density at radius 2 is 2.28 bits per heavy atom. The minimum absolute atomic E-state index is 0.221. The van der Waals surface area contributed by atoms with E-state index in [9.17, 15) is 4.79 Å². The van der Waals surface area contributed by atoms with Gasteiger partial charge in [-0.1, -0.05) is 0 Å². The van der Waals surface area contributed by atoms with Crippen LogP contribution in [-0.4, -0.2) is 54.4 Å². The van der Waals surface area contributed by atoms with Gasteiger partial charge in [-0.2, -0.15) is 0 Å². The maximum Gasteiger partial charge on any atom is 0.358 e. The zero-order valence-corrected chi connectivity index (χ0v) is 10.7. The number of likely N-dealkylation sites (N-methyl/N-ethyl adjacent to an activating group) is 1. The largest absolute Gasteiger partial charge is 0.464 e. The highest BCUT2D eigenvalue weighted by atomic mass is 16.5. The summed E-state index contributed by atoms with van der Waals surface area (Å²) in [5.74, 6) is 0.203. The van der Waals surface area contributed by atoms with E-state index in [1.165, 1.54) is 20.0 Å². The van der Waals surface area contributed by atoms with Crippen molar-refractivity contribution in [2.45, 2.75) is 18.9 Å². The Kier molecular flexibility index (Phi) is 4.09. The molecule has 1 aliphatic rings. The molecule has 1 fully saturated rings. The first kappa shape index (κ1) is 12.8. The summed E-state index contributed by atoms with van der Waals surface area (Å²) < 4.78 is 4.55. The van der Waals surface area contributed by atoms with Crippen LogP contribution in [0.4, 0.5) is 5.82 Å². The topological polar surface area (TPSA) is 67.3 Å². The molecule has 1 heterocycles. The molecule has 6 nitrogen and oxygen atoms in total. The van der Waals surface area contributed by atoms with Crippen LogP contribution in [0.2, 0.25) is 0 Å². The van der Waals surface area contributed by atoms with Crippen molar-refractivity contribution >= 4 is 11.8 Å². The van der Waals surface area contributed by atoms with E-state index < -0.39 is 5.97 Å². The summed E-state index contributed by atoms with van der Waals surface area (Å²) in [5, 5.41) is 10.9. The van der Waals surface area contributed by atoms with E-state index >= 15 is 0 Å². The van der Waals surface area contributed by atoms with Crippen molar-refractivity contribution < 1.29 is 9.53 Å². The molecule has 0 amide bonds. The van der Waals surface area contributed by atoms with Gasteiger partial charge in [0.15, 0.2) is 5.69 Å². The molecule has 1 saturated carbocycles. The lowest BCUT2D eigenvalue weighted by Crippen LogP contribution is -2.27. The molecular weight excluding hydrogens is 232 g/mol. The van der Waals surface area contributed by atoms with Crippen LogP contribution < -0.4 is 5.32 Å². The molecule has 6 heteroatoms. The Morgan fingerprint density at radius 1 is 1.50 bits per heavy atom. The fraction of sp³-hybridized carbons (Fsp3) is 0.583. The molecule has 0 unspecified atom stereocenters. The van der Waals surface area contributed by atoms with Crippen molar-refractivity contribution in [1.29, 1.82) is 0 Å². The van der Waals surface area contributed by atoms with Gasteiger partial charge in [-0.05, 0) is 32.0 Å². The highest BCUT2D eigenvalue weighted by Gasteiger charge is 2.25. The van der Waals surface area contributed by atoms with E-state index in [1.54, 1.807) is 12.1 Å². The molecule has 0 bridgehead atoms. The number of ether oxygens (including phenoxy) is 1. The molecule has 1 aliphatic carbocycles. The zero-order valence-electron chi connectivity index (χ0n) is 10.7. The second-order valence-electron chi connectivity index (χ2n) is 4.43. The van der Waals surface area contributed by atoms with Crippen molar-refractivity contribution in [3.63, 3.8) is 0 Å². The van der Waals surface area contributed by atoms with Gasteiger partial charge >= 0.3 is 5.97 Å². The van der Waals surface area contributed by atoms with Crippen molar-refractivity contribution in [2.24, 2.45) is 0 Å². The maximum absolute atomic E-state index is 11.2. The molecular formula is C12H18N4O2. The van der Waals surface area contributed by atoms with Crippen LogP contribution in [0.5, 0.6) is 0 Å². The zero-order chi connectivity index (χ0) is 13.0. The number of esters is 1. The van der Waals surface area contributed by atoms with E-state index in [0.717, 1.165) is 19.1 Å². The molecule has 0 aromatic carbocycles. The van der Waals surface area contributed by atoms with Crippen LogP contribution in [0.15, 0.2) is 12.1 Å². The van der Waals surface area contributed by atoms with Gasteiger partial charge in [-0.25, -0.2) is 4.79 Å². The third kappa shape index (κ3) is 3.40. The fourth-order valence-corrected chi connectivity index (χ4v) is 1.70. The molecule has 0 spiro atoms. The second kappa shape index (κ2) is 5.77. The van der Waals surface area contributed by atoms with Crippen LogP contribution >= 0.6 is 0 Å². The van der Waals surface area contributed by atoms with Gasteiger partial charge in [0.2, 0.25) is 0 Å². The Hall–Kier alpha value is -1.69. The minimum Gasteiger partial charge on any atom is -0.464 e. The standard InChI is InChI=1S/C12H18N4O2/c1-16(9-3-4-9)8-7-13-11-6-5-10(14-15-11)12(17)18-2/h5-6,9H,3-4,7-8H2,1-2H3,(H,13,15). The average molecular weight is 250 g/mol. The van der Waals surface area contributed by atoms with Crippen molar-refractivity contribution in [2.75, 3.05) is 32.6 Å².